The summed E-state index contributed by atoms with van der Waals surface area (Å²) in [6.45, 7) is 0.0873. The molecule has 0 spiro atoms. The summed E-state index contributed by atoms with van der Waals surface area (Å²) in [5.74, 6) is -2.24. The Morgan fingerprint density at radius 2 is 2.06 bits per heavy atom. The fourth-order valence-corrected chi connectivity index (χ4v) is 1.67. The second kappa shape index (κ2) is 4.67. The Labute approximate surface area is 96.5 Å². The van der Waals surface area contributed by atoms with Crippen LogP contribution in [0.1, 0.15) is 11.7 Å². The summed E-state index contributed by atoms with van der Waals surface area (Å²) in [7, 11) is 1.19. The van der Waals surface area contributed by atoms with Gasteiger partial charge in [-0.05, 0) is 17.7 Å². The number of hydrogen-bond donors (Lipinski definition) is 1. The topological polar surface area (TPSA) is 47.6 Å². The number of carbonyl (C=O) groups excluding carboxylic acids is 1. The summed E-state index contributed by atoms with van der Waals surface area (Å²) in [6, 6.07) is 2.29. The minimum atomic E-state index is -0.789. The Bertz CT molecular complexity index is 417. The van der Waals surface area contributed by atoms with E-state index in [-0.39, 0.29) is 19.1 Å². The van der Waals surface area contributed by atoms with Crippen LogP contribution in [-0.4, -0.2) is 26.2 Å². The van der Waals surface area contributed by atoms with Crippen molar-refractivity contribution in [1.29, 1.82) is 0 Å². The standard InChI is InChI=1S/C11H11F2NO3/c1-16-11-7(12)2-6(3-8(11)13)9-4-14-10(15)5-17-9/h2-3,9H,4-5H2,1H3,(H,14,15). The number of morpholine rings is 1. The summed E-state index contributed by atoms with van der Waals surface area (Å²) in [5, 5.41) is 2.56. The van der Waals surface area contributed by atoms with Crippen molar-refractivity contribution < 1.29 is 23.0 Å². The Morgan fingerprint density at radius 3 is 2.53 bits per heavy atom. The van der Waals surface area contributed by atoms with Crippen molar-refractivity contribution in [2.75, 3.05) is 20.3 Å². The first-order valence-corrected chi connectivity index (χ1v) is 5.03. The van der Waals surface area contributed by atoms with Crippen molar-refractivity contribution in [3.63, 3.8) is 0 Å². The number of halogens is 2. The van der Waals surface area contributed by atoms with Crippen LogP contribution in [0.2, 0.25) is 0 Å². The Balaban J connectivity index is 2.25. The molecule has 0 bridgehead atoms. The molecule has 1 aromatic carbocycles. The molecule has 4 nitrogen and oxygen atoms in total. The van der Waals surface area contributed by atoms with Gasteiger partial charge in [-0.3, -0.25) is 4.79 Å². The van der Waals surface area contributed by atoms with Crippen molar-refractivity contribution >= 4 is 5.91 Å². The molecule has 0 radical (unpaired) electrons. The first-order chi connectivity index (χ1) is 8.11. The number of amides is 1. The lowest BCUT2D eigenvalue weighted by Crippen LogP contribution is -2.38. The number of rotatable bonds is 2. The van der Waals surface area contributed by atoms with E-state index >= 15 is 0 Å². The molecule has 2 rings (SSSR count). The molecule has 1 saturated heterocycles. The predicted molar refractivity (Wildman–Crippen MR) is 54.6 cm³/mol. The number of ether oxygens (including phenoxy) is 2. The van der Waals surface area contributed by atoms with Gasteiger partial charge in [-0.15, -0.1) is 0 Å². The van der Waals surface area contributed by atoms with E-state index in [1.54, 1.807) is 0 Å². The maximum absolute atomic E-state index is 13.4. The highest BCUT2D eigenvalue weighted by atomic mass is 19.1. The van der Waals surface area contributed by atoms with Gasteiger partial charge in [0.1, 0.15) is 12.7 Å². The third-order valence-electron chi connectivity index (χ3n) is 2.50. The van der Waals surface area contributed by atoms with Gasteiger partial charge in [0.25, 0.3) is 0 Å². The third-order valence-corrected chi connectivity index (χ3v) is 2.50. The highest BCUT2D eigenvalue weighted by Gasteiger charge is 2.23. The lowest BCUT2D eigenvalue weighted by atomic mass is 10.1. The Morgan fingerprint density at radius 1 is 1.41 bits per heavy atom. The molecule has 0 aromatic heterocycles. The lowest BCUT2D eigenvalue weighted by Gasteiger charge is -2.23. The van der Waals surface area contributed by atoms with Gasteiger partial charge >= 0.3 is 0 Å². The maximum Gasteiger partial charge on any atom is 0.246 e. The van der Waals surface area contributed by atoms with Crippen LogP contribution in [0.3, 0.4) is 0 Å². The minimum absolute atomic E-state index is 0.111. The smallest absolute Gasteiger partial charge is 0.246 e. The number of nitrogens with one attached hydrogen (secondary N) is 1. The molecule has 0 saturated carbocycles. The van der Waals surface area contributed by atoms with Crippen LogP contribution in [0.5, 0.6) is 5.75 Å². The molecule has 1 aliphatic heterocycles. The number of methoxy groups -OCH3 is 1. The summed E-state index contributed by atoms with van der Waals surface area (Å²) in [6.07, 6.45) is -0.539. The number of carbonyl (C=O) groups is 1. The summed E-state index contributed by atoms with van der Waals surface area (Å²) in [5.41, 5.74) is 0.334. The highest BCUT2D eigenvalue weighted by Crippen LogP contribution is 2.27. The van der Waals surface area contributed by atoms with Gasteiger partial charge in [-0.1, -0.05) is 0 Å². The molecule has 1 atom stereocenters. The zero-order valence-corrected chi connectivity index (χ0v) is 9.13. The molecule has 1 unspecified atom stereocenters. The average molecular weight is 243 g/mol. The number of benzene rings is 1. The van der Waals surface area contributed by atoms with Crippen LogP contribution in [0.25, 0.3) is 0 Å². The van der Waals surface area contributed by atoms with E-state index in [1.165, 1.54) is 7.11 Å². The van der Waals surface area contributed by atoms with Crippen LogP contribution in [-0.2, 0) is 9.53 Å². The first kappa shape index (κ1) is 11.8. The molecule has 1 aromatic rings. The fraction of sp³-hybridized carbons (Fsp3) is 0.364. The molecule has 92 valence electrons. The van der Waals surface area contributed by atoms with Gasteiger partial charge in [0.15, 0.2) is 17.4 Å². The van der Waals surface area contributed by atoms with Gasteiger partial charge in [0.05, 0.1) is 7.11 Å². The number of hydrogen-bond acceptors (Lipinski definition) is 3. The average Bonchev–Trinajstić information content (AvgIpc) is 2.29. The minimum Gasteiger partial charge on any atom is -0.491 e. The molecule has 1 N–H and O–H groups in total. The summed E-state index contributed by atoms with van der Waals surface area (Å²) in [4.78, 5) is 10.9. The lowest BCUT2D eigenvalue weighted by molar-refractivity contribution is -0.133. The zero-order valence-electron chi connectivity index (χ0n) is 9.13. The van der Waals surface area contributed by atoms with Gasteiger partial charge in [0.2, 0.25) is 5.91 Å². The van der Waals surface area contributed by atoms with Gasteiger partial charge in [0, 0.05) is 6.54 Å². The van der Waals surface area contributed by atoms with E-state index in [0.29, 0.717) is 5.56 Å². The van der Waals surface area contributed by atoms with Crippen molar-refractivity contribution in [1.82, 2.24) is 5.32 Å². The summed E-state index contributed by atoms with van der Waals surface area (Å²) < 4.78 is 36.6. The molecule has 1 aliphatic rings. The zero-order chi connectivity index (χ0) is 12.4. The SMILES string of the molecule is COc1c(F)cc(C2CNC(=O)CO2)cc1F. The largest absolute Gasteiger partial charge is 0.491 e. The maximum atomic E-state index is 13.4. The molecule has 6 heteroatoms. The van der Waals surface area contributed by atoms with Crippen LogP contribution in [0, 0.1) is 11.6 Å². The van der Waals surface area contributed by atoms with E-state index in [0.717, 1.165) is 12.1 Å². The second-order valence-electron chi connectivity index (χ2n) is 3.62. The van der Waals surface area contributed by atoms with E-state index < -0.39 is 23.5 Å². The van der Waals surface area contributed by atoms with Crippen molar-refractivity contribution in [3.8, 4) is 5.75 Å². The van der Waals surface area contributed by atoms with Crippen LogP contribution >= 0.6 is 0 Å². The van der Waals surface area contributed by atoms with Crippen molar-refractivity contribution in [2.24, 2.45) is 0 Å². The highest BCUT2D eigenvalue weighted by molar-refractivity contribution is 5.77. The molecule has 17 heavy (non-hydrogen) atoms. The van der Waals surface area contributed by atoms with Gasteiger partial charge < -0.3 is 14.8 Å². The van der Waals surface area contributed by atoms with E-state index in [2.05, 4.69) is 10.1 Å². The predicted octanol–water partition coefficient (Wildman–Crippen LogP) is 1.16. The molecule has 1 amide bonds. The third kappa shape index (κ3) is 2.36. The monoisotopic (exact) mass is 243 g/mol. The second-order valence-corrected chi connectivity index (χ2v) is 3.62. The van der Waals surface area contributed by atoms with Crippen LogP contribution < -0.4 is 10.1 Å². The van der Waals surface area contributed by atoms with Gasteiger partial charge in [-0.2, -0.15) is 0 Å². The summed E-state index contributed by atoms with van der Waals surface area (Å²) >= 11 is 0. The van der Waals surface area contributed by atoms with Crippen molar-refractivity contribution in [3.05, 3.63) is 29.3 Å². The van der Waals surface area contributed by atoms with Crippen LogP contribution in [0.15, 0.2) is 12.1 Å². The molecule has 0 aliphatic carbocycles. The molecular weight excluding hydrogens is 232 g/mol. The van der Waals surface area contributed by atoms with E-state index in [4.69, 9.17) is 4.74 Å². The first-order valence-electron chi connectivity index (χ1n) is 5.03. The van der Waals surface area contributed by atoms with Crippen molar-refractivity contribution in [2.45, 2.75) is 6.10 Å². The Hall–Kier alpha value is -1.69. The fourth-order valence-electron chi connectivity index (χ4n) is 1.67. The van der Waals surface area contributed by atoms with Gasteiger partial charge in [-0.25, -0.2) is 8.78 Å². The van der Waals surface area contributed by atoms with E-state index in [1.807, 2.05) is 0 Å². The molecule has 1 fully saturated rings. The van der Waals surface area contributed by atoms with E-state index in [9.17, 15) is 13.6 Å². The Kier molecular flexibility index (Phi) is 3.23. The molecular formula is C11H11F2NO3. The van der Waals surface area contributed by atoms with Crippen LogP contribution in [0.4, 0.5) is 8.78 Å². The quantitative estimate of drug-likeness (QED) is 0.848. The normalized spacial score (nSPS) is 19.9. The molecule has 1 heterocycles.